The van der Waals surface area contributed by atoms with Gasteiger partial charge in [0.2, 0.25) is 5.91 Å². The zero-order valence-corrected chi connectivity index (χ0v) is 11.7. The smallest absolute Gasteiger partial charge is 0.303 e. The van der Waals surface area contributed by atoms with Gasteiger partial charge in [0.25, 0.3) is 0 Å². The van der Waals surface area contributed by atoms with Crippen molar-refractivity contribution in [3.8, 4) is 0 Å². The van der Waals surface area contributed by atoms with E-state index in [0.717, 1.165) is 5.56 Å². The maximum Gasteiger partial charge on any atom is 0.303 e. The lowest BCUT2D eigenvalue weighted by molar-refractivity contribution is -0.137. The molecule has 20 heavy (non-hydrogen) atoms. The molecule has 0 aliphatic rings. The average molecular weight is 278 g/mol. The van der Waals surface area contributed by atoms with Crippen LogP contribution in [0.25, 0.3) is 0 Å². The lowest BCUT2D eigenvalue weighted by Gasteiger charge is -2.16. The predicted octanol–water partition coefficient (Wildman–Crippen LogP) is 1.84. The maximum absolute atomic E-state index is 11.8. The summed E-state index contributed by atoms with van der Waals surface area (Å²) >= 11 is 0. The highest BCUT2D eigenvalue weighted by atomic mass is 16.4. The van der Waals surface area contributed by atoms with Gasteiger partial charge in [-0.05, 0) is 25.3 Å². The van der Waals surface area contributed by atoms with Crippen molar-refractivity contribution in [1.82, 2.24) is 5.32 Å². The van der Waals surface area contributed by atoms with E-state index in [0.29, 0.717) is 12.8 Å². The summed E-state index contributed by atoms with van der Waals surface area (Å²) in [4.78, 5) is 22.2. The highest BCUT2D eigenvalue weighted by Gasteiger charge is 2.13. The molecule has 2 unspecified atom stereocenters. The summed E-state index contributed by atoms with van der Waals surface area (Å²) in [6.45, 7) is 1.87. The molecule has 0 aliphatic carbocycles. The fraction of sp³-hybridized carbons (Fsp3) is 0.467. The van der Waals surface area contributed by atoms with Gasteiger partial charge in [0.1, 0.15) is 0 Å². The number of hydrogen-bond donors (Lipinski definition) is 3. The fourth-order valence-electron chi connectivity index (χ4n) is 1.98. The number of carboxylic acid groups (broad SMARTS) is 1. The van der Waals surface area contributed by atoms with E-state index in [1.165, 1.54) is 0 Å². The standard InChI is InChI=1S/C15H22N2O3/c1-11(6-5-9-15(19)20)17-14(18)10-13(16)12-7-3-2-4-8-12/h2-4,7-8,11,13H,5-6,9-10,16H2,1H3,(H,17,18)(H,19,20). The van der Waals surface area contributed by atoms with Crippen molar-refractivity contribution in [3.63, 3.8) is 0 Å². The molecular weight excluding hydrogens is 256 g/mol. The highest BCUT2D eigenvalue weighted by molar-refractivity contribution is 5.77. The Balaban J connectivity index is 2.30. The van der Waals surface area contributed by atoms with Crippen molar-refractivity contribution in [1.29, 1.82) is 0 Å². The summed E-state index contributed by atoms with van der Waals surface area (Å²) in [6.07, 6.45) is 1.57. The third-order valence-electron chi connectivity index (χ3n) is 3.07. The molecule has 0 spiro atoms. The predicted molar refractivity (Wildman–Crippen MR) is 77.1 cm³/mol. The van der Waals surface area contributed by atoms with E-state index >= 15 is 0 Å². The number of nitrogens with two attached hydrogens (primary N) is 1. The van der Waals surface area contributed by atoms with Crippen molar-refractivity contribution >= 4 is 11.9 Å². The second-order valence-corrected chi connectivity index (χ2v) is 4.98. The first-order valence-corrected chi connectivity index (χ1v) is 6.80. The number of nitrogens with one attached hydrogen (secondary N) is 1. The minimum absolute atomic E-state index is 0.0372. The molecule has 1 aromatic rings. The lowest BCUT2D eigenvalue weighted by atomic mass is 10.0. The number of carbonyl (C=O) groups is 2. The van der Waals surface area contributed by atoms with Crippen LogP contribution in [0.2, 0.25) is 0 Å². The van der Waals surface area contributed by atoms with Gasteiger partial charge in [0, 0.05) is 24.9 Å². The Bertz CT molecular complexity index is 434. The monoisotopic (exact) mass is 278 g/mol. The molecule has 1 amide bonds. The zero-order chi connectivity index (χ0) is 15.0. The number of benzene rings is 1. The quantitative estimate of drug-likeness (QED) is 0.676. The molecule has 1 rings (SSSR count). The first-order chi connectivity index (χ1) is 9.49. The van der Waals surface area contributed by atoms with Crippen LogP contribution in [0.5, 0.6) is 0 Å². The van der Waals surface area contributed by atoms with Crippen molar-refractivity contribution in [3.05, 3.63) is 35.9 Å². The Morgan fingerprint density at radius 1 is 1.30 bits per heavy atom. The molecule has 4 N–H and O–H groups in total. The van der Waals surface area contributed by atoms with E-state index in [-0.39, 0.29) is 30.8 Å². The Morgan fingerprint density at radius 3 is 2.55 bits per heavy atom. The van der Waals surface area contributed by atoms with Gasteiger partial charge < -0.3 is 16.2 Å². The molecule has 0 saturated heterocycles. The Hall–Kier alpha value is -1.88. The van der Waals surface area contributed by atoms with Crippen molar-refractivity contribution in [2.24, 2.45) is 5.73 Å². The topological polar surface area (TPSA) is 92.4 Å². The Labute approximate surface area is 119 Å². The SMILES string of the molecule is CC(CCCC(=O)O)NC(=O)CC(N)c1ccccc1. The third-order valence-corrected chi connectivity index (χ3v) is 3.07. The molecule has 0 heterocycles. The lowest BCUT2D eigenvalue weighted by Crippen LogP contribution is -2.34. The molecule has 0 saturated carbocycles. The number of rotatable bonds is 8. The molecule has 110 valence electrons. The van der Waals surface area contributed by atoms with E-state index in [9.17, 15) is 9.59 Å². The minimum atomic E-state index is -0.811. The van der Waals surface area contributed by atoms with Gasteiger partial charge in [-0.15, -0.1) is 0 Å². The Kier molecular flexibility index (Phi) is 6.73. The normalized spacial score (nSPS) is 13.5. The summed E-state index contributed by atoms with van der Waals surface area (Å²) in [7, 11) is 0. The summed E-state index contributed by atoms with van der Waals surface area (Å²) in [5.41, 5.74) is 6.90. The second kappa shape index (κ2) is 8.32. The first kappa shape index (κ1) is 16.2. The van der Waals surface area contributed by atoms with Crippen LogP contribution in [0.15, 0.2) is 30.3 Å². The Morgan fingerprint density at radius 2 is 1.95 bits per heavy atom. The molecule has 2 atom stereocenters. The number of carbonyl (C=O) groups excluding carboxylic acids is 1. The van der Waals surface area contributed by atoms with Crippen LogP contribution in [0.1, 0.15) is 44.2 Å². The molecule has 0 fully saturated rings. The number of aliphatic carboxylic acids is 1. The van der Waals surface area contributed by atoms with Gasteiger partial charge in [-0.2, -0.15) is 0 Å². The molecule has 0 bridgehead atoms. The molecule has 1 aromatic carbocycles. The van der Waals surface area contributed by atoms with Crippen LogP contribution in [0.4, 0.5) is 0 Å². The van der Waals surface area contributed by atoms with Gasteiger partial charge >= 0.3 is 5.97 Å². The van der Waals surface area contributed by atoms with Crippen LogP contribution in [-0.4, -0.2) is 23.0 Å². The largest absolute Gasteiger partial charge is 0.481 e. The maximum atomic E-state index is 11.8. The van der Waals surface area contributed by atoms with Gasteiger partial charge in [0.15, 0.2) is 0 Å². The van der Waals surface area contributed by atoms with Crippen molar-refractivity contribution < 1.29 is 14.7 Å². The molecule has 5 heteroatoms. The third kappa shape index (κ3) is 6.33. The van der Waals surface area contributed by atoms with Gasteiger partial charge in [-0.3, -0.25) is 9.59 Å². The van der Waals surface area contributed by atoms with Crippen LogP contribution in [-0.2, 0) is 9.59 Å². The molecule has 5 nitrogen and oxygen atoms in total. The number of carboxylic acids is 1. The van der Waals surface area contributed by atoms with Crippen LogP contribution in [0.3, 0.4) is 0 Å². The summed E-state index contributed by atoms with van der Waals surface area (Å²) in [6, 6.07) is 9.12. The summed E-state index contributed by atoms with van der Waals surface area (Å²) < 4.78 is 0. The molecule has 0 aromatic heterocycles. The van der Waals surface area contributed by atoms with E-state index < -0.39 is 5.97 Å². The average Bonchev–Trinajstić information content (AvgIpc) is 2.38. The zero-order valence-electron chi connectivity index (χ0n) is 11.7. The minimum Gasteiger partial charge on any atom is -0.481 e. The summed E-state index contributed by atoms with van der Waals surface area (Å²) in [5, 5.41) is 11.4. The molecular formula is C15H22N2O3. The summed E-state index contributed by atoms with van der Waals surface area (Å²) in [5.74, 6) is -0.918. The van der Waals surface area contributed by atoms with Crippen LogP contribution >= 0.6 is 0 Å². The van der Waals surface area contributed by atoms with E-state index in [4.69, 9.17) is 10.8 Å². The number of hydrogen-bond acceptors (Lipinski definition) is 3. The van der Waals surface area contributed by atoms with Crippen LogP contribution < -0.4 is 11.1 Å². The first-order valence-electron chi connectivity index (χ1n) is 6.80. The molecule has 0 aliphatic heterocycles. The highest BCUT2D eigenvalue weighted by Crippen LogP contribution is 2.13. The van der Waals surface area contributed by atoms with E-state index in [1.807, 2.05) is 37.3 Å². The van der Waals surface area contributed by atoms with Crippen molar-refractivity contribution in [2.45, 2.75) is 44.7 Å². The second-order valence-electron chi connectivity index (χ2n) is 4.98. The molecule has 0 radical (unpaired) electrons. The van der Waals surface area contributed by atoms with Crippen LogP contribution in [0, 0.1) is 0 Å². The van der Waals surface area contributed by atoms with Crippen molar-refractivity contribution in [2.75, 3.05) is 0 Å². The number of amides is 1. The van der Waals surface area contributed by atoms with Gasteiger partial charge in [-0.25, -0.2) is 0 Å². The van der Waals surface area contributed by atoms with E-state index in [1.54, 1.807) is 0 Å². The van der Waals surface area contributed by atoms with Gasteiger partial charge in [-0.1, -0.05) is 30.3 Å². The van der Waals surface area contributed by atoms with E-state index in [2.05, 4.69) is 5.32 Å². The van der Waals surface area contributed by atoms with Gasteiger partial charge in [0.05, 0.1) is 0 Å². The fourth-order valence-corrected chi connectivity index (χ4v) is 1.98.